The number of hydrogen-bond donors (Lipinski definition) is 1. The lowest BCUT2D eigenvalue weighted by Crippen LogP contribution is -2.49. The molecule has 1 nitrogen and oxygen atoms in total. The van der Waals surface area contributed by atoms with Crippen LogP contribution >= 0.6 is 0 Å². The van der Waals surface area contributed by atoms with Gasteiger partial charge in [0.15, 0.2) is 0 Å². The molecule has 1 N–H and O–H groups in total. The molecule has 1 saturated carbocycles. The van der Waals surface area contributed by atoms with Gasteiger partial charge >= 0.3 is 0 Å². The molecule has 1 atom stereocenters. The van der Waals surface area contributed by atoms with Crippen LogP contribution in [0, 0.1) is 0 Å². The molecule has 0 radical (unpaired) electrons. The zero-order valence-electron chi connectivity index (χ0n) is 12.9. The Balaban J connectivity index is 2.30. The van der Waals surface area contributed by atoms with Gasteiger partial charge in [-0.2, -0.15) is 0 Å². The van der Waals surface area contributed by atoms with Crippen LogP contribution in [0.25, 0.3) is 0 Å². The van der Waals surface area contributed by atoms with E-state index in [0.717, 1.165) is 13.0 Å². The van der Waals surface area contributed by atoms with E-state index in [-0.39, 0.29) is 0 Å². The molecule has 1 aromatic rings. The molecule has 0 amide bonds. The van der Waals surface area contributed by atoms with E-state index in [1.165, 1.54) is 44.1 Å². The molecule has 0 bridgehead atoms. The van der Waals surface area contributed by atoms with Crippen molar-refractivity contribution in [2.24, 2.45) is 0 Å². The first-order valence-corrected chi connectivity index (χ1v) is 8.23. The van der Waals surface area contributed by atoms with Crippen LogP contribution in [0.2, 0.25) is 0 Å². The van der Waals surface area contributed by atoms with E-state index in [4.69, 9.17) is 0 Å². The fraction of sp³-hybridized carbons (Fsp3) is 0.579. The molecular formula is C19H29N. The quantitative estimate of drug-likeness (QED) is 0.700. The molecule has 0 heterocycles. The monoisotopic (exact) mass is 271 g/mol. The first-order valence-electron chi connectivity index (χ1n) is 8.23. The summed E-state index contributed by atoms with van der Waals surface area (Å²) in [6.07, 6.45) is 11.1. The average molecular weight is 271 g/mol. The van der Waals surface area contributed by atoms with Crippen molar-refractivity contribution >= 4 is 0 Å². The number of nitrogens with one attached hydrogen (secondary N) is 1. The molecule has 0 aromatic heterocycles. The standard InChI is InChI=1S/C19H29N/c1-3-11-18(20-16-4-2)19(14-9-6-10-15-19)17-12-7-5-8-13-17/h3,5,7-8,12-13,18,20H,1,4,6,9-11,14-16H2,2H3. The molecule has 1 heteroatoms. The second-order valence-electron chi connectivity index (χ2n) is 6.11. The van der Waals surface area contributed by atoms with Crippen LogP contribution in [0.5, 0.6) is 0 Å². The minimum atomic E-state index is 0.308. The molecular weight excluding hydrogens is 242 g/mol. The molecule has 20 heavy (non-hydrogen) atoms. The predicted octanol–water partition coefficient (Wildman–Crippen LogP) is 4.83. The maximum Gasteiger partial charge on any atom is 0.0198 e. The molecule has 110 valence electrons. The van der Waals surface area contributed by atoms with Crippen LogP contribution in [-0.4, -0.2) is 12.6 Å². The van der Waals surface area contributed by atoms with Gasteiger partial charge in [0.25, 0.3) is 0 Å². The summed E-state index contributed by atoms with van der Waals surface area (Å²) in [4.78, 5) is 0. The highest BCUT2D eigenvalue weighted by Crippen LogP contribution is 2.43. The molecule has 0 saturated heterocycles. The van der Waals surface area contributed by atoms with Gasteiger partial charge < -0.3 is 5.32 Å². The van der Waals surface area contributed by atoms with Crippen LogP contribution in [0.1, 0.15) is 57.4 Å². The van der Waals surface area contributed by atoms with E-state index < -0.39 is 0 Å². The van der Waals surface area contributed by atoms with Crippen molar-refractivity contribution in [1.82, 2.24) is 5.32 Å². The van der Waals surface area contributed by atoms with E-state index in [2.05, 4.69) is 55.2 Å². The van der Waals surface area contributed by atoms with Crippen molar-refractivity contribution in [1.29, 1.82) is 0 Å². The second-order valence-corrected chi connectivity index (χ2v) is 6.11. The second kappa shape index (κ2) is 7.64. The third-order valence-corrected chi connectivity index (χ3v) is 4.80. The maximum absolute atomic E-state index is 3.99. The van der Waals surface area contributed by atoms with Crippen LogP contribution < -0.4 is 5.32 Å². The maximum atomic E-state index is 3.99. The molecule has 1 aliphatic rings. The molecule has 0 aliphatic heterocycles. The van der Waals surface area contributed by atoms with Crippen molar-refractivity contribution in [3.05, 3.63) is 48.6 Å². The Morgan fingerprint density at radius 2 is 1.90 bits per heavy atom. The van der Waals surface area contributed by atoms with E-state index in [9.17, 15) is 0 Å². The highest BCUT2D eigenvalue weighted by atomic mass is 14.9. The van der Waals surface area contributed by atoms with Gasteiger partial charge in [-0.05, 0) is 37.8 Å². The first-order chi connectivity index (χ1) is 9.83. The lowest BCUT2D eigenvalue weighted by atomic mass is 9.64. The van der Waals surface area contributed by atoms with Crippen molar-refractivity contribution < 1.29 is 0 Å². The third-order valence-electron chi connectivity index (χ3n) is 4.80. The lowest BCUT2D eigenvalue weighted by Gasteiger charge is -2.44. The first kappa shape index (κ1) is 15.3. The smallest absolute Gasteiger partial charge is 0.0198 e. The molecule has 0 spiro atoms. The van der Waals surface area contributed by atoms with Gasteiger partial charge in [-0.25, -0.2) is 0 Å². The summed E-state index contributed by atoms with van der Waals surface area (Å²) in [6.45, 7) is 7.34. The van der Waals surface area contributed by atoms with E-state index >= 15 is 0 Å². The minimum Gasteiger partial charge on any atom is -0.313 e. The van der Waals surface area contributed by atoms with Crippen LogP contribution in [0.4, 0.5) is 0 Å². The Hall–Kier alpha value is -1.08. The number of hydrogen-bond acceptors (Lipinski definition) is 1. The topological polar surface area (TPSA) is 12.0 Å². The Kier molecular flexibility index (Phi) is 5.85. The van der Waals surface area contributed by atoms with Crippen molar-refractivity contribution in [2.75, 3.05) is 6.54 Å². The number of benzene rings is 1. The van der Waals surface area contributed by atoms with Gasteiger partial charge in [-0.15, -0.1) is 6.58 Å². The summed E-state index contributed by atoms with van der Waals surface area (Å²) >= 11 is 0. The zero-order valence-corrected chi connectivity index (χ0v) is 12.9. The summed E-state index contributed by atoms with van der Waals surface area (Å²) in [5.74, 6) is 0. The lowest BCUT2D eigenvalue weighted by molar-refractivity contribution is 0.213. The minimum absolute atomic E-state index is 0.308. The summed E-state index contributed by atoms with van der Waals surface area (Å²) in [7, 11) is 0. The largest absolute Gasteiger partial charge is 0.313 e. The van der Waals surface area contributed by atoms with E-state index in [0.29, 0.717) is 11.5 Å². The Bertz CT molecular complexity index is 389. The van der Waals surface area contributed by atoms with Crippen LogP contribution in [0.3, 0.4) is 0 Å². The summed E-state index contributed by atoms with van der Waals surface area (Å²) in [6, 6.07) is 11.7. The van der Waals surface area contributed by atoms with Crippen molar-refractivity contribution in [2.45, 2.75) is 63.3 Å². The molecule has 1 unspecified atom stereocenters. The molecule has 1 aliphatic carbocycles. The van der Waals surface area contributed by atoms with Crippen LogP contribution in [0.15, 0.2) is 43.0 Å². The van der Waals surface area contributed by atoms with Gasteiger partial charge in [0, 0.05) is 11.5 Å². The fourth-order valence-electron chi connectivity index (χ4n) is 3.78. The Labute approximate surface area is 124 Å². The zero-order chi connectivity index (χ0) is 14.3. The van der Waals surface area contributed by atoms with Crippen molar-refractivity contribution in [3.8, 4) is 0 Å². The van der Waals surface area contributed by atoms with Crippen LogP contribution in [-0.2, 0) is 5.41 Å². The highest BCUT2D eigenvalue weighted by Gasteiger charge is 2.40. The van der Waals surface area contributed by atoms with Gasteiger partial charge in [0.05, 0.1) is 0 Å². The highest BCUT2D eigenvalue weighted by molar-refractivity contribution is 5.29. The van der Waals surface area contributed by atoms with Gasteiger partial charge in [-0.1, -0.05) is 62.6 Å². The van der Waals surface area contributed by atoms with E-state index in [1.807, 2.05) is 0 Å². The van der Waals surface area contributed by atoms with Gasteiger partial charge in [0.2, 0.25) is 0 Å². The summed E-state index contributed by atoms with van der Waals surface area (Å²) in [5.41, 5.74) is 1.83. The van der Waals surface area contributed by atoms with E-state index in [1.54, 1.807) is 0 Å². The van der Waals surface area contributed by atoms with Gasteiger partial charge in [-0.3, -0.25) is 0 Å². The Morgan fingerprint density at radius 1 is 1.20 bits per heavy atom. The molecule has 1 aromatic carbocycles. The average Bonchev–Trinajstić information content (AvgIpc) is 2.53. The number of rotatable bonds is 7. The third kappa shape index (κ3) is 3.32. The molecule has 2 rings (SSSR count). The van der Waals surface area contributed by atoms with Gasteiger partial charge in [0.1, 0.15) is 0 Å². The molecule has 1 fully saturated rings. The SMILES string of the molecule is C=CCC(NCCC)C1(c2ccccc2)CCCCC1. The summed E-state index contributed by atoms with van der Waals surface area (Å²) < 4.78 is 0. The normalized spacial score (nSPS) is 19.4. The predicted molar refractivity (Wildman–Crippen MR) is 88.1 cm³/mol. The summed E-state index contributed by atoms with van der Waals surface area (Å²) in [5, 5.41) is 3.81. The Morgan fingerprint density at radius 3 is 2.50 bits per heavy atom. The fourth-order valence-corrected chi connectivity index (χ4v) is 3.78. The van der Waals surface area contributed by atoms with Crippen molar-refractivity contribution in [3.63, 3.8) is 0 Å².